The van der Waals surface area contributed by atoms with E-state index >= 15 is 0 Å². The maximum Gasteiger partial charge on any atom is 0.415 e. The van der Waals surface area contributed by atoms with Crippen molar-refractivity contribution in [1.29, 1.82) is 0 Å². The summed E-state index contributed by atoms with van der Waals surface area (Å²) in [4.78, 5) is 17.8. The molecule has 3 aromatic rings. The van der Waals surface area contributed by atoms with Crippen LogP contribution in [0.25, 0.3) is 22.0 Å². The summed E-state index contributed by atoms with van der Waals surface area (Å²) in [7, 11) is 1.62. The Morgan fingerprint density at radius 3 is 2.54 bits per heavy atom. The van der Waals surface area contributed by atoms with Crippen LogP contribution >= 0.6 is 0 Å². The monoisotopic (exact) mass is 551 g/mol. The minimum Gasteiger partial charge on any atom is -1.00 e. The second-order valence-electron chi connectivity index (χ2n) is 10.7. The van der Waals surface area contributed by atoms with Crippen molar-refractivity contribution in [2.45, 2.75) is 51.1 Å². The summed E-state index contributed by atoms with van der Waals surface area (Å²) in [6, 6.07) is 10.8. The molecule has 0 unspecified atom stereocenters. The quantitative estimate of drug-likeness (QED) is 0.460. The number of halogens is 1. The summed E-state index contributed by atoms with van der Waals surface area (Å²) >= 11 is 0. The molecule has 7 rings (SSSR count). The molecular formula is C30H34ClN3O5. The van der Waals surface area contributed by atoms with Crippen molar-refractivity contribution in [2.24, 2.45) is 0 Å². The van der Waals surface area contributed by atoms with E-state index in [2.05, 4.69) is 33.9 Å². The van der Waals surface area contributed by atoms with Crippen LogP contribution in [0.1, 0.15) is 37.7 Å². The van der Waals surface area contributed by atoms with Gasteiger partial charge in [0.25, 0.3) is 0 Å². The number of hydrogen-bond donors (Lipinski definition) is 0. The van der Waals surface area contributed by atoms with Gasteiger partial charge < -0.3 is 41.2 Å². The van der Waals surface area contributed by atoms with Crippen LogP contribution in [0.3, 0.4) is 0 Å². The van der Waals surface area contributed by atoms with Crippen molar-refractivity contribution in [3.63, 3.8) is 0 Å². The lowest BCUT2D eigenvalue weighted by Crippen LogP contribution is -3.00. The molecule has 1 aromatic heterocycles. The largest absolute Gasteiger partial charge is 1.00 e. The first kappa shape index (κ1) is 26.0. The maximum atomic E-state index is 13.3. The van der Waals surface area contributed by atoms with E-state index in [-0.39, 0.29) is 25.3 Å². The molecule has 0 radical (unpaired) electrons. The molecule has 0 atom stereocenters. The van der Waals surface area contributed by atoms with Gasteiger partial charge in [0.15, 0.2) is 35.7 Å². The van der Waals surface area contributed by atoms with Gasteiger partial charge in [0, 0.05) is 31.6 Å². The van der Waals surface area contributed by atoms with Crippen LogP contribution in [0.2, 0.25) is 0 Å². The summed E-state index contributed by atoms with van der Waals surface area (Å²) in [5.41, 5.74) is 3.51. The zero-order valence-electron chi connectivity index (χ0n) is 22.3. The molecule has 4 aliphatic rings. The number of fused-ring (bicyclic) bond motifs is 5. The third-order valence-electron chi connectivity index (χ3n) is 8.62. The summed E-state index contributed by atoms with van der Waals surface area (Å²) in [5.74, 6) is 2.65. The highest BCUT2D eigenvalue weighted by Crippen LogP contribution is 2.42. The molecular weight excluding hydrogens is 518 g/mol. The second-order valence-corrected chi connectivity index (χ2v) is 10.7. The molecule has 5 heterocycles. The molecule has 206 valence electrons. The predicted octanol–water partition coefficient (Wildman–Crippen LogP) is 1.54. The highest BCUT2D eigenvalue weighted by Gasteiger charge is 2.31. The van der Waals surface area contributed by atoms with E-state index in [1.165, 1.54) is 37.9 Å². The van der Waals surface area contributed by atoms with Crippen molar-refractivity contribution in [3.05, 3.63) is 42.1 Å². The van der Waals surface area contributed by atoms with Crippen LogP contribution in [-0.2, 0) is 13.0 Å². The van der Waals surface area contributed by atoms with Crippen molar-refractivity contribution >= 4 is 16.9 Å². The smallest absolute Gasteiger partial charge is 0.415 e. The normalized spacial score (nSPS) is 18.7. The van der Waals surface area contributed by atoms with Crippen LogP contribution in [0, 0.1) is 0 Å². The van der Waals surface area contributed by atoms with Crippen LogP contribution in [0.4, 0.5) is 4.79 Å². The number of amides is 1. The lowest BCUT2D eigenvalue weighted by Gasteiger charge is -2.39. The summed E-state index contributed by atoms with van der Waals surface area (Å²) in [6.45, 7) is 4.93. The zero-order valence-corrected chi connectivity index (χ0v) is 23.0. The molecule has 8 nitrogen and oxygen atoms in total. The fourth-order valence-corrected chi connectivity index (χ4v) is 6.51. The lowest BCUT2D eigenvalue weighted by atomic mass is 9.95. The molecule has 0 saturated carbocycles. The molecule has 4 aliphatic heterocycles. The first-order valence-electron chi connectivity index (χ1n) is 13.9. The molecule has 39 heavy (non-hydrogen) atoms. The Bertz CT molecular complexity index is 1400. The van der Waals surface area contributed by atoms with Gasteiger partial charge in [-0.05, 0) is 74.0 Å². The standard InChI is InChI=1S/C30H34N3O5.ClH/c1-35-26-6-5-20-15-25-23-17-28-27(36-19-37-28)16-21(23)7-12-33(25)18-24(20)29(26)38-30(34)32-13-8-22(9-14-32)31-10-3-2-4-11-31;/h5-6,15-18,22H,2-4,7-14,19H2,1H3;1H/q+1;/p-1. The number of rotatable bonds is 3. The molecule has 0 bridgehead atoms. The average Bonchev–Trinajstić information content (AvgIpc) is 3.43. The van der Waals surface area contributed by atoms with Gasteiger partial charge in [-0.25, -0.2) is 4.79 Å². The van der Waals surface area contributed by atoms with Crippen molar-refractivity contribution in [1.82, 2.24) is 9.80 Å². The van der Waals surface area contributed by atoms with Crippen LogP contribution < -0.4 is 35.9 Å². The van der Waals surface area contributed by atoms with Gasteiger partial charge in [0.1, 0.15) is 0 Å². The molecule has 1 amide bonds. The molecule has 2 fully saturated rings. The second kappa shape index (κ2) is 10.7. The number of benzene rings is 2. The summed E-state index contributed by atoms with van der Waals surface area (Å²) in [6.07, 6.45) is 8.61. The van der Waals surface area contributed by atoms with Gasteiger partial charge in [-0.2, -0.15) is 4.57 Å². The van der Waals surface area contributed by atoms with E-state index in [0.29, 0.717) is 17.5 Å². The molecule has 2 saturated heterocycles. The van der Waals surface area contributed by atoms with Crippen LogP contribution in [0.15, 0.2) is 36.5 Å². The zero-order chi connectivity index (χ0) is 25.6. The van der Waals surface area contributed by atoms with Crippen LogP contribution in [0.5, 0.6) is 23.0 Å². The van der Waals surface area contributed by atoms with Crippen molar-refractivity contribution in [2.75, 3.05) is 40.1 Å². The number of carbonyl (C=O) groups is 1. The Morgan fingerprint density at radius 2 is 1.77 bits per heavy atom. The summed E-state index contributed by atoms with van der Waals surface area (Å²) < 4.78 is 25.2. The topological polar surface area (TPSA) is 64.4 Å². The number of ether oxygens (including phenoxy) is 4. The SMILES string of the molecule is COc1ccc2cc3[n+](cc2c1OC(=O)N1CCC(N2CCCCC2)CC1)CCc1cc2c(cc1-3)OCO2.[Cl-]. The highest BCUT2D eigenvalue weighted by molar-refractivity contribution is 5.93. The predicted molar refractivity (Wildman–Crippen MR) is 142 cm³/mol. The Labute approximate surface area is 234 Å². The van der Waals surface area contributed by atoms with Gasteiger partial charge >= 0.3 is 6.09 Å². The fourth-order valence-electron chi connectivity index (χ4n) is 6.51. The fraction of sp³-hybridized carbons (Fsp3) is 0.467. The number of pyridine rings is 1. The number of piperidine rings is 2. The number of nitrogens with zero attached hydrogens (tertiary/aromatic N) is 3. The van der Waals surface area contributed by atoms with Gasteiger partial charge in [0.2, 0.25) is 12.5 Å². The van der Waals surface area contributed by atoms with Crippen LogP contribution in [-0.4, -0.2) is 62.0 Å². The molecule has 0 aliphatic carbocycles. The molecule has 9 heteroatoms. The first-order valence-corrected chi connectivity index (χ1v) is 13.9. The Morgan fingerprint density at radius 1 is 1.00 bits per heavy atom. The summed E-state index contributed by atoms with van der Waals surface area (Å²) in [5, 5.41) is 1.86. The van der Waals surface area contributed by atoms with E-state index < -0.39 is 0 Å². The van der Waals surface area contributed by atoms with Gasteiger partial charge in [0.05, 0.1) is 18.1 Å². The minimum atomic E-state index is -0.298. The Hall–Kier alpha value is -3.23. The molecule has 0 spiro atoms. The van der Waals surface area contributed by atoms with E-state index in [4.69, 9.17) is 18.9 Å². The Balaban J connectivity index is 0.00000277. The van der Waals surface area contributed by atoms with Gasteiger partial charge in [-0.1, -0.05) is 6.42 Å². The third-order valence-corrected chi connectivity index (χ3v) is 8.62. The lowest BCUT2D eigenvalue weighted by molar-refractivity contribution is -0.686. The molecule has 0 N–H and O–H groups in total. The van der Waals surface area contributed by atoms with Gasteiger partial charge in [-0.15, -0.1) is 0 Å². The van der Waals surface area contributed by atoms with E-state index in [1.54, 1.807) is 7.11 Å². The molecule has 2 aromatic carbocycles. The van der Waals surface area contributed by atoms with E-state index in [1.807, 2.05) is 17.0 Å². The number of hydrogen-bond acceptors (Lipinski definition) is 6. The number of likely N-dealkylation sites (tertiary alicyclic amines) is 2. The van der Waals surface area contributed by atoms with Gasteiger partial charge in [-0.3, -0.25) is 0 Å². The number of aromatic nitrogens is 1. The highest BCUT2D eigenvalue weighted by atomic mass is 35.5. The minimum absolute atomic E-state index is 0. The number of aryl methyl sites for hydroxylation is 2. The number of methoxy groups -OCH3 is 1. The Kier molecular flexibility index (Phi) is 7.16. The van der Waals surface area contributed by atoms with Crippen molar-refractivity contribution in [3.8, 4) is 34.3 Å². The number of carbonyl (C=O) groups excluding carboxylic acids is 1. The van der Waals surface area contributed by atoms with Crippen molar-refractivity contribution < 1.29 is 40.7 Å². The maximum absolute atomic E-state index is 13.3. The third kappa shape index (κ3) is 4.74. The average molecular weight is 552 g/mol. The first-order chi connectivity index (χ1) is 18.7. The van der Waals surface area contributed by atoms with E-state index in [9.17, 15) is 4.79 Å². The van der Waals surface area contributed by atoms with E-state index in [0.717, 1.165) is 72.4 Å².